The predicted molar refractivity (Wildman–Crippen MR) is 71.2 cm³/mol. The molecule has 0 saturated carbocycles. The van der Waals surface area contributed by atoms with Crippen LogP contribution in [-0.2, 0) is 9.47 Å². The molecule has 1 unspecified atom stereocenters. The van der Waals surface area contributed by atoms with E-state index in [0.29, 0.717) is 24.7 Å². The summed E-state index contributed by atoms with van der Waals surface area (Å²) in [4.78, 5) is 0. The maximum atomic E-state index is 10.5. The second-order valence-electron chi connectivity index (χ2n) is 4.36. The van der Waals surface area contributed by atoms with Crippen molar-refractivity contribution in [3.05, 3.63) is 11.9 Å². The minimum Gasteiger partial charge on any atom is -0.493 e. The number of aromatic nitrogens is 2. The summed E-state index contributed by atoms with van der Waals surface area (Å²) >= 11 is 0. The molecular formula is C13H24N2O4. The standard InChI is InChI=1S/C13H24N2O4/c1-6-18-13(19-7-2)12(16)11-10(17-5)8-14-15(11)9(3)4/h8-9,12-13,16H,6-7H2,1-5H3. The summed E-state index contributed by atoms with van der Waals surface area (Å²) in [5.41, 5.74) is 0.574. The molecule has 1 N–H and O–H groups in total. The first-order valence-electron chi connectivity index (χ1n) is 6.59. The molecule has 0 aliphatic rings. The SMILES string of the molecule is CCOC(OCC)C(O)c1c(OC)cnn1C(C)C. The topological polar surface area (TPSA) is 65.7 Å². The summed E-state index contributed by atoms with van der Waals surface area (Å²) in [6.45, 7) is 8.60. The Hall–Kier alpha value is -1.11. The van der Waals surface area contributed by atoms with Crippen LogP contribution in [-0.4, -0.2) is 41.5 Å². The Bertz CT molecular complexity index is 373. The van der Waals surface area contributed by atoms with Gasteiger partial charge in [-0.25, -0.2) is 0 Å². The molecule has 1 rings (SSSR count). The molecule has 1 atom stereocenters. The van der Waals surface area contributed by atoms with E-state index < -0.39 is 12.4 Å². The van der Waals surface area contributed by atoms with Crippen LogP contribution in [0.2, 0.25) is 0 Å². The van der Waals surface area contributed by atoms with Crippen molar-refractivity contribution in [3.8, 4) is 5.75 Å². The van der Waals surface area contributed by atoms with Gasteiger partial charge in [0.05, 0.1) is 13.3 Å². The van der Waals surface area contributed by atoms with Gasteiger partial charge in [-0.05, 0) is 27.7 Å². The van der Waals surface area contributed by atoms with E-state index in [-0.39, 0.29) is 6.04 Å². The minimum atomic E-state index is -0.945. The second kappa shape index (κ2) is 7.47. The van der Waals surface area contributed by atoms with Crippen LogP contribution < -0.4 is 4.74 Å². The Balaban J connectivity index is 3.06. The van der Waals surface area contributed by atoms with Crippen molar-refractivity contribution >= 4 is 0 Å². The van der Waals surface area contributed by atoms with Gasteiger partial charge in [0.25, 0.3) is 0 Å². The highest BCUT2D eigenvalue weighted by Crippen LogP contribution is 2.30. The van der Waals surface area contributed by atoms with Crippen molar-refractivity contribution in [1.29, 1.82) is 0 Å². The highest BCUT2D eigenvalue weighted by Gasteiger charge is 2.29. The molecule has 19 heavy (non-hydrogen) atoms. The minimum absolute atomic E-state index is 0.109. The van der Waals surface area contributed by atoms with Crippen LogP contribution in [0.15, 0.2) is 6.20 Å². The maximum Gasteiger partial charge on any atom is 0.189 e. The van der Waals surface area contributed by atoms with E-state index in [9.17, 15) is 5.11 Å². The fourth-order valence-corrected chi connectivity index (χ4v) is 1.89. The average molecular weight is 272 g/mol. The molecule has 0 saturated heterocycles. The van der Waals surface area contributed by atoms with E-state index in [0.717, 1.165) is 0 Å². The Morgan fingerprint density at radius 1 is 1.26 bits per heavy atom. The maximum absolute atomic E-state index is 10.5. The zero-order valence-electron chi connectivity index (χ0n) is 12.3. The first-order chi connectivity index (χ1) is 9.06. The Labute approximate surface area is 114 Å². The molecule has 1 aromatic rings. The molecule has 0 aliphatic carbocycles. The summed E-state index contributed by atoms with van der Waals surface area (Å²) in [6, 6.07) is 0.109. The van der Waals surface area contributed by atoms with Gasteiger partial charge in [0.2, 0.25) is 0 Å². The van der Waals surface area contributed by atoms with Crippen LogP contribution in [0.25, 0.3) is 0 Å². The molecule has 0 bridgehead atoms. The van der Waals surface area contributed by atoms with Crippen LogP contribution in [0.4, 0.5) is 0 Å². The van der Waals surface area contributed by atoms with Crippen molar-refractivity contribution < 1.29 is 19.3 Å². The van der Waals surface area contributed by atoms with E-state index in [1.165, 1.54) is 0 Å². The van der Waals surface area contributed by atoms with Crippen molar-refractivity contribution in [1.82, 2.24) is 9.78 Å². The summed E-state index contributed by atoms with van der Waals surface area (Å²) in [6.07, 6.45) is -0.0779. The Kier molecular flexibility index (Phi) is 6.27. The quantitative estimate of drug-likeness (QED) is 0.732. The lowest BCUT2D eigenvalue weighted by Gasteiger charge is -2.24. The third-order valence-electron chi connectivity index (χ3n) is 2.71. The van der Waals surface area contributed by atoms with Crippen molar-refractivity contribution in [2.75, 3.05) is 20.3 Å². The molecule has 6 heteroatoms. The van der Waals surface area contributed by atoms with Crippen molar-refractivity contribution in [3.63, 3.8) is 0 Å². The van der Waals surface area contributed by atoms with Crippen LogP contribution in [0.5, 0.6) is 5.75 Å². The first kappa shape index (κ1) is 15.9. The monoisotopic (exact) mass is 272 g/mol. The van der Waals surface area contributed by atoms with Gasteiger partial charge < -0.3 is 19.3 Å². The zero-order valence-corrected chi connectivity index (χ0v) is 12.3. The zero-order chi connectivity index (χ0) is 14.4. The van der Waals surface area contributed by atoms with Gasteiger partial charge in [-0.15, -0.1) is 0 Å². The number of methoxy groups -OCH3 is 1. The summed E-state index contributed by atoms with van der Waals surface area (Å²) in [7, 11) is 1.55. The summed E-state index contributed by atoms with van der Waals surface area (Å²) in [5, 5.41) is 14.7. The van der Waals surface area contributed by atoms with Gasteiger partial charge in [-0.3, -0.25) is 4.68 Å². The first-order valence-corrected chi connectivity index (χ1v) is 6.59. The van der Waals surface area contributed by atoms with E-state index in [4.69, 9.17) is 14.2 Å². The number of aliphatic hydroxyl groups is 1. The summed E-state index contributed by atoms with van der Waals surface area (Å²) < 4.78 is 17.8. The smallest absolute Gasteiger partial charge is 0.189 e. The predicted octanol–water partition coefficient (Wildman–Crippen LogP) is 1.91. The molecule has 0 aromatic carbocycles. The second-order valence-corrected chi connectivity index (χ2v) is 4.36. The fraction of sp³-hybridized carbons (Fsp3) is 0.769. The summed E-state index contributed by atoms with van der Waals surface area (Å²) in [5.74, 6) is 0.533. The molecule has 6 nitrogen and oxygen atoms in total. The normalized spacial score (nSPS) is 13.3. The molecule has 110 valence electrons. The van der Waals surface area contributed by atoms with E-state index in [1.807, 2.05) is 27.7 Å². The lowest BCUT2D eigenvalue weighted by Crippen LogP contribution is -2.28. The third kappa shape index (κ3) is 3.68. The highest BCUT2D eigenvalue weighted by molar-refractivity contribution is 5.28. The number of nitrogens with zero attached hydrogens (tertiary/aromatic N) is 2. The lowest BCUT2D eigenvalue weighted by atomic mass is 10.2. The molecule has 0 radical (unpaired) electrons. The fourth-order valence-electron chi connectivity index (χ4n) is 1.89. The van der Waals surface area contributed by atoms with Crippen molar-refractivity contribution in [2.24, 2.45) is 0 Å². The molecule has 0 aliphatic heterocycles. The largest absolute Gasteiger partial charge is 0.493 e. The lowest BCUT2D eigenvalue weighted by molar-refractivity contribution is -0.193. The Morgan fingerprint density at radius 2 is 1.84 bits per heavy atom. The molecule has 1 aromatic heterocycles. The number of hydrogen-bond donors (Lipinski definition) is 1. The van der Waals surface area contributed by atoms with E-state index in [2.05, 4.69) is 5.10 Å². The number of hydrogen-bond acceptors (Lipinski definition) is 5. The van der Waals surface area contributed by atoms with Crippen molar-refractivity contribution in [2.45, 2.75) is 46.1 Å². The van der Waals surface area contributed by atoms with Crippen LogP contribution in [0.3, 0.4) is 0 Å². The molecule has 0 amide bonds. The molecule has 1 heterocycles. The van der Waals surface area contributed by atoms with Gasteiger partial charge in [-0.1, -0.05) is 0 Å². The van der Waals surface area contributed by atoms with Gasteiger partial charge in [0, 0.05) is 19.3 Å². The van der Waals surface area contributed by atoms with Gasteiger partial charge in [-0.2, -0.15) is 5.10 Å². The number of rotatable bonds is 8. The number of aliphatic hydroxyl groups excluding tert-OH is 1. The molecular weight excluding hydrogens is 248 g/mol. The van der Waals surface area contributed by atoms with Gasteiger partial charge >= 0.3 is 0 Å². The Morgan fingerprint density at radius 3 is 2.26 bits per heavy atom. The highest BCUT2D eigenvalue weighted by atomic mass is 16.7. The van der Waals surface area contributed by atoms with E-state index in [1.54, 1.807) is 18.0 Å². The molecule has 0 spiro atoms. The van der Waals surface area contributed by atoms with Gasteiger partial charge in [0.1, 0.15) is 5.69 Å². The van der Waals surface area contributed by atoms with Crippen LogP contribution >= 0.6 is 0 Å². The third-order valence-corrected chi connectivity index (χ3v) is 2.71. The average Bonchev–Trinajstić information content (AvgIpc) is 2.81. The number of ether oxygens (including phenoxy) is 3. The van der Waals surface area contributed by atoms with Gasteiger partial charge in [0.15, 0.2) is 18.1 Å². The van der Waals surface area contributed by atoms with Crippen LogP contribution in [0.1, 0.15) is 45.5 Å². The van der Waals surface area contributed by atoms with E-state index >= 15 is 0 Å². The van der Waals surface area contributed by atoms with Crippen LogP contribution in [0, 0.1) is 0 Å². The molecule has 0 fully saturated rings.